The van der Waals surface area contributed by atoms with E-state index in [9.17, 15) is 8.78 Å². The van der Waals surface area contributed by atoms with Crippen molar-refractivity contribution in [3.8, 4) is 11.1 Å². The van der Waals surface area contributed by atoms with E-state index < -0.39 is 11.8 Å². The third kappa shape index (κ3) is 1.55. The van der Waals surface area contributed by atoms with Crippen molar-refractivity contribution >= 4 is 0 Å². The summed E-state index contributed by atoms with van der Waals surface area (Å²) < 4.78 is 28.9. The van der Waals surface area contributed by atoms with Crippen LogP contribution in [0.5, 0.6) is 0 Å². The molecule has 0 aliphatic heterocycles. The van der Waals surface area contributed by atoms with E-state index in [1.807, 2.05) is 66.7 Å². The Morgan fingerprint density at radius 2 is 1.05 bits per heavy atom. The van der Waals surface area contributed by atoms with Gasteiger partial charge in [-0.15, -0.1) is 0 Å². The number of halogens is 2. The van der Waals surface area contributed by atoms with Crippen LogP contribution < -0.4 is 0 Å². The van der Waals surface area contributed by atoms with E-state index in [1.54, 1.807) is 12.1 Å². The second-order valence-corrected chi connectivity index (χ2v) is 5.57. The first-order valence-corrected chi connectivity index (χ1v) is 7.29. The van der Waals surface area contributed by atoms with E-state index >= 15 is 0 Å². The molecule has 0 radical (unpaired) electrons. The Labute approximate surface area is 128 Å². The Balaban J connectivity index is 2.15. The second-order valence-electron chi connectivity index (χ2n) is 5.57. The summed E-state index contributed by atoms with van der Waals surface area (Å²) in [6, 6.07) is 24.1. The maximum Gasteiger partial charge on any atom is 0.256 e. The topological polar surface area (TPSA) is 0 Å². The minimum atomic E-state index is -2.51. The molecule has 22 heavy (non-hydrogen) atoms. The number of hydrogen-bond acceptors (Lipinski definition) is 0. The van der Waals surface area contributed by atoms with Gasteiger partial charge in [-0.25, -0.2) is 8.78 Å². The fourth-order valence-electron chi connectivity index (χ4n) is 3.64. The molecular weight excluding hydrogens is 278 g/mol. The Morgan fingerprint density at radius 3 is 1.55 bits per heavy atom. The average molecular weight is 292 g/mol. The average Bonchev–Trinajstić information content (AvgIpc) is 2.87. The third-order valence-corrected chi connectivity index (χ3v) is 4.55. The fourth-order valence-corrected chi connectivity index (χ4v) is 3.64. The van der Waals surface area contributed by atoms with E-state index in [2.05, 4.69) is 0 Å². The molecular formula is C20H14F2. The molecule has 0 atom stereocenters. The minimum absolute atomic E-state index is 0.641. The summed E-state index contributed by atoms with van der Waals surface area (Å²) in [5.41, 5.74) is 2.45. The van der Waals surface area contributed by atoms with Gasteiger partial charge in [-0.1, -0.05) is 78.9 Å². The van der Waals surface area contributed by atoms with Gasteiger partial charge < -0.3 is 0 Å². The lowest BCUT2D eigenvalue weighted by atomic mass is 9.73. The van der Waals surface area contributed by atoms with Gasteiger partial charge in [-0.05, 0) is 27.8 Å². The molecule has 1 aliphatic rings. The summed E-state index contributed by atoms with van der Waals surface area (Å²) in [6.07, 6.45) is -2.51. The summed E-state index contributed by atoms with van der Waals surface area (Å²) in [5, 5.41) is 0. The van der Waals surface area contributed by atoms with Crippen molar-refractivity contribution in [1.29, 1.82) is 0 Å². The van der Waals surface area contributed by atoms with Gasteiger partial charge in [0, 0.05) is 0 Å². The fraction of sp³-hybridized carbons (Fsp3) is 0.100. The van der Waals surface area contributed by atoms with Crippen LogP contribution in [0.15, 0.2) is 78.9 Å². The maximum absolute atomic E-state index is 14.4. The highest BCUT2D eigenvalue weighted by Crippen LogP contribution is 2.55. The number of alkyl halides is 2. The van der Waals surface area contributed by atoms with Gasteiger partial charge in [0.2, 0.25) is 0 Å². The molecule has 4 rings (SSSR count). The molecule has 0 aromatic heterocycles. The molecule has 2 heteroatoms. The quantitative estimate of drug-likeness (QED) is 0.604. The highest BCUT2D eigenvalue weighted by atomic mass is 19.3. The van der Waals surface area contributed by atoms with E-state index in [-0.39, 0.29) is 0 Å². The Hall–Kier alpha value is -2.48. The summed E-state index contributed by atoms with van der Waals surface area (Å²) in [5.74, 6) is 0. The standard InChI is InChI=1S/C20H14F2/c21-19(22)20(14-8-2-1-3-9-14)17-12-6-4-10-15(17)16-11-5-7-13-18(16)20/h1-13,19H. The predicted octanol–water partition coefficient (Wildman–Crippen LogP) is 5.27. The zero-order valence-corrected chi connectivity index (χ0v) is 11.8. The highest BCUT2D eigenvalue weighted by Gasteiger charge is 2.51. The van der Waals surface area contributed by atoms with Crippen molar-refractivity contribution in [2.75, 3.05) is 0 Å². The van der Waals surface area contributed by atoms with Gasteiger partial charge in [0.1, 0.15) is 5.41 Å². The lowest BCUT2D eigenvalue weighted by Crippen LogP contribution is -2.35. The number of hydrogen-bond donors (Lipinski definition) is 0. The van der Waals surface area contributed by atoms with Crippen LogP contribution >= 0.6 is 0 Å². The minimum Gasteiger partial charge on any atom is -0.209 e. The van der Waals surface area contributed by atoms with Crippen LogP contribution in [0.2, 0.25) is 0 Å². The molecule has 0 N–H and O–H groups in total. The third-order valence-electron chi connectivity index (χ3n) is 4.55. The first-order chi connectivity index (χ1) is 10.8. The van der Waals surface area contributed by atoms with Crippen LogP contribution in [0.1, 0.15) is 16.7 Å². The Morgan fingerprint density at radius 1 is 0.591 bits per heavy atom. The van der Waals surface area contributed by atoms with Crippen molar-refractivity contribution in [2.24, 2.45) is 0 Å². The first-order valence-electron chi connectivity index (χ1n) is 7.29. The van der Waals surface area contributed by atoms with Crippen LogP contribution in [0, 0.1) is 0 Å². The molecule has 0 saturated carbocycles. The van der Waals surface area contributed by atoms with Gasteiger partial charge in [-0.2, -0.15) is 0 Å². The lowest BCUT2D eigenvalue weighted by Gasteiger charge is -2.31. The van der Waals surface area contributed by atoms with Crippen molar-refractivity contribution in [3.63, 3.8) is 0 Å². The molecule has 108 valence electrons. The SMILES string of the molecule is FC(F)C1(c2ccccc2)c2ccccc2-c2ccccc21. The molecule has 0 unspecified atom stereocenters. The molecule has 0 heterocycles. The van der Waals surface area contributed by atoms with E-state index in [0.29, 0.717) is 16.7 Å². The Bertz CT molecular complexity index is 776. The number of rotatable bonds is 2. The molecule has 0 nitrogen and oxygen atoms in total. The second kappa shape index (κ2) is 4.77. The molecule has 0 amide bonds. The smallest absolute Gasteiger partial charge is 0.209 e. The summed E-state index contributed by atoms with van der Waals surface area (Å²) in [7, 11) is 0. The van der Waals surface area contributed by atoms with Crippen LogP contribution in [0.3, 0.4) is 0 Å². The highest BCUT2D eigenvalue weighted by molar-refractivity contribution is 5.83. The monoisotopic (exact) mass is 292 g/mol. The molecule has 0 bridgehead atoms. The molecule has 0 spiro atoms. The van der Waals surface area contributed by atoms with Gasteiger partial charge >= 0.3 is 0 Å². The predicted molar refractivity (Wildman–Crippen MR) is 84.2 cm³/mol. The van der Waals surface area contributed by atoms with Crippen molar-refractivity contribution in [3.05, 3.63) is 95.6 Å². The summed E-state index contributed by atoms with van der Waals surface area (Å²) in [4.78, 5) is 0. The van der Waals surface area contributed by atoms with E-state index in [1.165, 1.54) is 0 Å². The van der Waals surface area contributed by atoms with Crippen LogP contribution in [-0.2, 0) is 5.41 Å². The maximum atomic E-state index is 14.4. The zero-order chi connectivity index (χ0) is 15.2. The zero-order valence-electron chi connectivity index (χ0n) is 11.8. The number of fused-ring (bicyclic) bond motifs is 3. The van der Waals surface area contributed by atoms with Crippen LogP contribution in [0.4, 0.5) is 8.78 Å². The summed E-state index contributed by atoms with van der Waals surface area (Å²) >= 11 is 0. The van der Waals surface area contributed by atoms with Crippen molar-refractivity contribution in [1.82, 2.24) is 0 Å². The van der Waals surface area contributed by atoms with E-state index in [4.69, 9.17) is 0 Å². The molecule has 0 saturated heterocycles. The lowest BCUT2D eigenvalue weighted by molar-refractivity contribution is 0.0933. The van der Waals surface area contributed by atoms with Gasteiger partial charge in [0.05, 0.1) is 0 Å². The van der Waals surface area contributed by atoms with E-state index in [0.717, 1.165) is 11.1 Å². The molecule has 3 aromatic rings. The Kier molecular flexibility index (Phi) is 2.86. The van der Waals surface area contributed by atoms with Crippen LogP contribution in [0.25, 0.3) is 11.1 Å². The molecule has 3 aromatic carbocycles. The normalized spacial score (nSPS) is 14.7. The largest absolute Gasteiger partial charge is 0.256 e. The van der Waals surface area contributed by atoms with Crippen molar-refractivity contribution in [2.45, 2.75) is 11.8 Å². The van der Waals surface area contributed by atoms with Gasteiger partial charge in [-0.3, -0.25) is 0 Å². The van der Waals surface area contributed by atoms with Gasteiger partial charge in [0.15, 0.2) is 0 Å². The van der Waals surface area contributed by atoms with Crippen molar-refractivity contribution < 1.29 is 8.78 Å². The first kappa shape index (κ1) is 13.2. The van der Waals surface area contributed by atoms with Crippen LogP contribution in [-0.4, -0.2) is 6.43 Å². The molecule has 1 aliphatic carbocycles. The molecule has 0 fully saturated rings. The van der Waals surface area contributed by atoms with Gasteiger partial charge in [0.25, 0.3) is 6.43 Å². The summed E-state index contributed by atoms with van der Waals surface area (Å²) in [6.45, 7) is 0. The number of benzene rings is 3.